The van der Waals surface area contributed by atoms with Gasteiger partial charge in [-0.2, -0.15) is 0 Å². The summed E-state index contributed by atoms with van der Waals surface area (Å²) in [6.45, 7) is 1.58. The predicted octanol–water partition coefficient (Wildman–Crippen LogP) is 0.0596. The highest BCUT2D eigenvalue weighted by atomic mass is 32.1. The molecule has 0 saturated carbocycles. The van der Waals surface area contributed by atoms with E-state index >= 15 is 0 Å². The van der Waals surface area contributed by atoms with Crippen LogP contribution in [0.1, 0.15) is 22.4 Å². The maximum atomic E-state index is 10.6. The van der Waals surface area contributed by atoms with Gasteiger partial charge in [-0.3, -0.25) is 4.79 Å². The first kappa shape index (κ1) is 10.5. The van der Waals surface area contributed by atoms with E-state index in [0.717, 1.165) is 11.3 Å². The van der Waals surface area contributed by atoms with Gasteiger partial charge in [-0.1, -0.05) is 11.3 Å². The lowest BCUT2D eigenvalue weighted by molar-refractivity contribution is -0.119. The molecule has 0 bridgehead atoms. The average Bonchev–Trinajstić information content (AvgIpc) is 2.43. The molecule has 0 atom stereocenters. The minimum absolute atomic E-state index is 0.151. The first-order valence-electron chi connectivity index (χ1n) is 3.73. The molecule has 7 heteroatoms. The largest absolute Gasteiger partial charge is 0.476 e. The van der Waals surface area contributed by atoms with Gasteiger partial charge < -0.3 is 16.2 Å². The van der Waals surface area contributed by atoms with E-state index < -0.39 is 5.97 Å². The lowest BCUT2D eigenvalue weighted by Crippen LogP contribution is -2.18. The molecule has 0 radical (unpaired) electrons. The molecule has 0 unspecified atom stereocenters. The van der Waals surface area contributed by atoms with Crippen molar-refractivity contribution in [3.63, 3.8) is 0 Å². The molecule has 76 valence electrons. The van der Waals surface area contributed by atoms with Gasteiger partial charge in [-0.15, -0.1) is 0 Å². The van der Waals surface area contributed by atoms with E-state index in [1.54, 1.807) is 0 Å². The average molecular weight is 215 g/mol. The summed E-state index contributed by atoms with van der Waals surface area (Å²) in [6.07, 6.45) is 0. The number of carboxylic acid groups (broad SMARTS) is 1. The Morgan fingerprint density at radius 2 is 2.29 bits per heavy atom. The molecule has 1 aromatic rings. The first-order chi connectivity index (χ1) is 6.50. The van der Waals surface area contributed by atoms with Gasteiger partial charge in [0.25, 0.3) is 0 Å². The van der Waals surface area contributed by atoms with Gasteiger partial charge in [0.05, 0.1) is 6.54 Å². The summed E-state index contributed by atoms with van der Waals surface area (Å²) in [7, 11) is 0. The number of hydrogen-bond donors (Lipinski definition) is 3. The van der Waals surface area contributed by atoms with E-state index in [-0.39, 0.29) is 23.1 Å². The van der Waals surface area contributed by atoms with Crippen LogP contribution < -0.4 is 11.1 Å². The molecule has 1 amide bonds. The molecule has 6 nitrogen and oxygen atoms in total. The van der Waals surface area contributed by atoms with E-state index in [1.807, 2.05) is 0 Å². The molecule has 0 aliphatic rings. The van der Waals surface area contributed by atoms with Crippen LogP contribution in [0.4, 0.5) is 5.00 Å². The van der Waals surface area contributed by atoms with Gasteiger partial charge in [-0.05, 0) is 0 Å². The summed E-state index contributed by atoms with van der Waals surface area (Å²) in [5, 5.41) is 11.8. The quantitative estimate of drug-likeness (QED) is 0.661. The SMILES string of the molecule is CC(=O)NCc1nc(C(=O)O)c(N)s1. The van der Waals surface area contributed by atoms with E-state index in [2.05, 4.69) is 10.3 Å². The minimum Gasteiger partial charge on any atom is -0.476 e. The van der Waals surface area contributed by atoms with Crippen LogP contribution in [0.25, 0.3) is 0 Å². The maximum Gasteiger partial charge on any atom is 0.357 e. The highest BCUT2D eigenvalue weighted by Gasteiger charge is 2.14. The van der Waals surface area contributed by atoms with Gasteiger partial charge in [0.1, 0.15) is 10.0 Å². The molecular formula is C7H9N3O3S. The fraction of sp³-hybridized carbons (Fsp3) is 0.286. The van der Waals surface area contributed by atoms with Crippen LogP contribution in [0, 0.1) is 0 Å². The highest BCUT2D eigenvalue weighted by Crippen LogP contribution is 2.20. The third kappa shape index (κ3) is 2.43. The third-order valence-electron chi connectivity index (χ3n) is 1.39. The fourth-order valence-electron chi connectivity index (χ4n) is 0.807. The van der Waals surface area contributed by atoms with E-state index in [4.69, 9.17) is 10.8 Å². The zero-order valence-electron chi connectivity index (χ0n) is 7.40. The smallest absolute Gasteiger partial charge is 0.357 e. The van der Waals surface area contributed by atoms with Crippen molar-refractivity contribution in [3.8, 4) is 0 Å². The van der Waals surface area contributed by atoms with Crippen molar-refractivity contribution >= 4 is 28.2 Å². The van der Waals surface area contributed by atoms with Gasteiger partial charge in [0.15, 0.2) is 5.69 Å². The number of nitrogens with two attached hydrogens (primary N) is 1. The number of aromatic carboxylic acids is 1. The van der Waals surface area contributed by atoms with E-state index in [0.29, 0.717) is 5.01 Å². The van der Waals surface area contributed by atoms with Crippen LogP contribution >= 0.6 is 11.3 Å². The molecule has 1 aromatic heterocycles. The number of carbonyl (C=O) groups is 2. The van der Waals surface area contributed by atoms with Gasteiger partial charge >= 0.3 is 5.97 Å². The summed E-state index contributed by atoms with van der Waals surface area (Å²) in [6, 6.07) is 0. The van der Waals surface area contributed by atoms with Crippen molar-refractivity contribution in [2.24, 2.45) is 0 Å². The number of aromatic nitrogens is 1. The molecule has 1 rings (SSSR count). The summed E-state index contributed by atoms with van der Waals surface area (Å²) < 4.78 is 0. The number of carboxylic acids is 1. The van der Waals surface area contributed by atoms with Crippen molar-refractivity contribution < 1.29 is 14.7 Å². The standard InChI is InChI=1S/C7H9N3O3S/c1-3(11)9-2-4-10-5(7(12)13)6(8)14-4/h2,8H2,1H3,(H,9,11)(H,12,13). The normalized spacial score (nSPS) is 9.79. The number of nitrogens with one attached hydrogen (secondary N) is 1. The monoisotopic (exact) mass is 215 g/mol. The second-order valence-corrected chi connectivity index (χ2v) is 3.65. The summed E-state index contributed by atoms with van der Waals surface area (Å²) >= 11 is 1.06. The van der Waals surface area contributed by atoms with Crippen molar-refractivity contribution in [1.82, 2.24) is 10.3 Å². The van der Waals surface area contributed by atoms with Crippen LogP contribution in [0.2, 0.25) is 0 Å². The number of thiazole rings is 1. The van der Waals surface area contributed by atoms with E-state index in [9.17, 15) is 9.59 Å². The summed E-state index contributed by atoms with van der Waals surface area (Å²) in [4.78, 5) is 24.9. The molecule has 1 heterocycles. The van der Waals surface area contributed by atoms with Crippen molar-refractivity contribution in [1.29, 1.82) is 0 Å². The predicted molar refractivity (Wildman–Crippen MR) is 51.0 cm³/mol. The highest BCUT2D eigenvalue weighted by molar-refractivity contribution is 7.15. The van der Waals surface area contributed by atoms with Crippen molar-refractivity contribution in [3.05, 3.63) is 10.7 Å². The van der Waals surface area contributed by atoms with Gasteiger partial charge in [0.2, 0.25) is 5.91 Å². The van der Waals surface area contributed by atoms with Crippen LogP contribution in [-0.2, 0) is 11.3 Å². The van der Waals surface area contributed by atoms with Crippen LogP contribution in [0.5, 0.6) is 0 Å². The fourth-order valence-corrected chi connectivity index (χ4v) is 1.57. The Bertz CT molecular complexity index is 374. The first-order valence-corrected chi connectivity index (χ1v) is 4.55. The van der Waals surface area contributed by atoms with Crippen molar-refractivity contribution in [2.75, 3.05) is 5.73 Å². The molecule has 0 aliphatic carbocycles. The second kappa shape index (κ2) is 4.05. The zero-order valence-corrected chi connectivity index (χ0v) is 8.22. The summed E-state index contributed by atoms with van der Waals surface area (Å²) in [5.74, 6) is -1.36. The molecule has 0 spiro atoms. The topological polar surface area (TPSA) is 105 Å². The molecule has 0 fully saturated rings. The number of rotatable bonds is 3. The maximum absolute atomic E-state index is 10.6. The number of anilines is 1. The Labute approximate surface area is 83.8 Å². The third-order valence-corrected chi connectivity index (χ3v) is 2.27. The van der Waals surface area contributed by atoms with Crippen LogP contribution in [0.15, 0.2) is 0 Å². The zero-order chi connectivity index (χ0) is 10.7. The molecule has 14 heavy (non-hydrogen) atoms. The van der Waals surface area contributed by atoms with Crippen LogP contribution in [0.3, 0.4) is 0 Å². The Kier molecular flexibility index (Phi) is 3.03. The van der Waals surface area contributed by atoms with Gasteiger partial charge in [-0.25, -0.2) is 9.78 Å². The Morgan fingerprint density at radius 3 is 2.71 bits per heavy atom. The van der Waals surface area contributed by atoms with Crippen LogP contribution in [-0.4, -0.2) is 22.0 Å². The number of amides is 1. The van der Waals surface area contributed by atoms with Gasteiger partial charge in [0, 0.05) is 6.92 Å². The molecule has 4 N–H and O–H groups in total. The number of nitrogens with zero attached hydrogens (tertiary/aromatic N) is 1. The Balaban J connectivity index is 2.76. The molecule has 0 aliphatic heterocycles. The second-order valence-electron chi connectivity index (χ2n) is 2.54. The minimum atomic E-state index is -1.16. The van der Waals surface area contributed by atoms with Crippen molar-refractivity contribution in [2.45, 2.75) is 13.5 Å². The Morgan fingerprint density at radius 1 is 1.64 bits per heavy atom. The number of nitrogen functional groups attached to an aromatic ring is 1. The summed E-state index contributed by atoms with van der Waals surface area (Å²) in [5.41, 5.74) is 5.25. The molecular weight excluding hydrogens is 206 g/mol. The molecule has 0 aromatic carbocycles. The molecule has 0 saturated heterocycles. The Hall–Kier alpha value is -1.63. The van der Waals surface area contributed by atoms with E-state index in [1.165, 1.54) is 6.92 Å². The number of carbonyl (C=O) groups excluding carboxylic acids is 1. The number of hydrogen-bond acceptors (Lipinski definition) is 5. The lowest BCUT2D eigenvalue weighted by atomic mass is 10.5. The lowest BCUT2D eigenvalue weighted by Gasteiger charge is -1.95.